The number of phenols is 1. The van der Waals surface area contributed by atoms with E-state index in [9.17, 15) is 5.11 Å². The van der Waals surface area contributed by atoms with Crippen molar-refractivity contribution in [3.63, 3.8) is 0 Å². The number of halogens is 3. The van der Waals surface area contributed by atoms with Crippen molar-refractivity contribution in [2.45, 2.75) is 13.1 Å². The fourth-order valence-corrected chi connectivity index (χ4v) is 1.29. The summed E-state index contributed by atoms with van der Waals surface area (Å²) in [5.74, 6) is 0.157. The zero-order chi connectivity index (χ0) is 9.14. The van der Waals surface area contributed by atoms with Gasteiger partial charge in [0.05, 0.1) is 0 Å². The largest absolute Gasteiger partial charge is 0.507 e. The van der Waals surface area contributed by atoms with Crippen LogP contribution >= 0.6 is 36.4 Å². The van der Waals surface area contributed by atoms with Gasteiger partial charge in [0.15, 0.2) is 0 Å². The van der Waals surface area contributed by atoms with Gasteiger partial charge in [0.2, 0.25) is 0 Å². The highest BCUT2D eigenvalue weighted by molar-refractivity contribution is 6.30. The Kier molecular flexibility index (Phi) is 8.30. The van der Waals surface area contributed by atoms with E-state index >= 15 is 0 Å². The van der Waals surface area contributed by atoms with Gasteiger partial charge in [0.25, 0.3) is 0 Å². The molecule has 82 valence electrons. The topological polar surface area (TPSA) is 72.3 Å². The maximum Gasteiger partial charge on any atom is 0.124 e. The van der Waals surface area contributed by atoms with E-state index in [1.165, 1.54) is 0 Å². The number of nitrogens with two attached hydrogens (primary N) is 2. The molecule has 0 aliphatic rings. The lowest BCUT2D eigenvalue weighted by Gasteiger charge is -2.07. The number of benzene rings is 1. The summed E-state index contributed by atoms with van der Waals surface area (Å²) >= 11 is 5.76. The van der Waals surface area contributed by atoms with Gasteiger partial charge < -0.3 is 16.6 Å². The SMILES string of the molecule is Cl.Cl.NCc1cc(Cl)cc(CN)c1O. The average molecular weight is 260 g/mol. The Balaban J connectivity index is 0. The van der Waals surface area contributed by atoms with E-state index in [2.05, 4.69) is 0 Å². The Labute approximate surface area is 100 Å². The molecule has 3 nitrogen and oxygen atoms in total. The minimum Gasteiger partial charge on any atom is -0.507 e. The van der Waals surface area contributed by atoms with Crippen LogP contribution in [0.4, 0.5) is 0 Å². The van der Waals surface area contributed by atoms with E-state index in [1.807, 2.05) is 0 Å². The summed E-state index contributed by atoms with van der Waals surface area (Å²) < 4.78 is 0. The molecule has 1 aromatic carbocycles. The van der Waals surface area contributed by atoms with Crippen LogP contribution in [0, 0.1) is 0 Å². The molecule has 0 spiro atoms. The Morgan fingerprint density at radius 2 is 1.43 bits per heavy atom. The molecule has 1 aromatic rings. The van der Waals surface area contributed by atoms with E-state index in [0.29, 0.717) is 16.1 Å². The van der Waals surface area contributed by atoms with Gasteiger partial charge in [0.1, 0.15) is 5.75 Å². The van der Waals surface area contributed by atoms with Crippen LogP contribution in [0.2, 0.25) is 5.02 Å². The average Bonchev–Trinajstić information content (AvgIpc) is 2.08. The first-order valence-electron chi connectivity index (χ1n) is 3.59. The number of phenolic OH excluding ortho intramolecular Hbond substituents is 1. The molecule has 0 bridgehead atoms. The number of hydrogen-bond acceptors (Lipinski definition) is 3. The van der Waals surface area contributed by atoms with E-state index < -0.39 is 0 Å². The summed E-state index contributed by atoms with van der Waals surface area (Å²) in [7, 11) is 0. The molecule has 0 amide bonds. The van der Waals surface area contributed by atoms with E-state index in [-0.39, 0.29) is 43.7 Å². The molecule has 0 fully saturated rings. The third kappa shape index (κ3) is 3.52. The van der Waals surface area contributed by atoms with Gasteiger partial charge >= 0.3 is 0 Å². The van der Waals surface area contributed by atoms with Gasteiger partial charge in [-0.2, -0.15) is 0 Å². The molecule has 0 saturated heterocycles. The molecule has 0 atom stereocenters. The van der Waals surface area contributed by atoms with Crippen LogP contribution in [0.3, 0.4) is 0 Å². The monoisotopic (exact) mass is 258 g/mol. The Morgan fingerprint density at radius 3 is 1.71 bits per heavy atom. The molecule has 0 aliphatic heterocycles. The molecule has 0 heterocycles. The molecular formula is C8H13Cl3N2O. The zero-order valence-electron chi connectivity index (χ0n) is 7.37. The number of hydrogen-bond donors (Lipinski definition) is 3. The van der Waals surface area contributed by atoms with Crippen molar-refractivity contribution in [3.8, 4) is 5.75 Å². The summed E-state index contributed by atoms with van der Waals surface area (Å²) in [6.45, 7) is 0.527. The Hall–Kier alpha value is -0.190. The highest BCUT2D eigenvalue weighted by atomic mass is 35.5. The quantitative estimate of drug-likeness (QED) is 0.758. The van der Waals surface area contributed by atoms with Gasteiger partial charge in [-0.3, -0.25) is 0 Å². The first-order valence-corrected chi connectivity index (χ1v) is 3.97. The summed E-state index contributed by atoms with van der Waals surface area (Å²) in [5.41, 5.74) is 12.0. The molecular weight excluding hydrogens is 246 g/mol. The molecule has 6 heteroatoms. The first kappa shape index (κ1) is 16.2. The van der Waals surface area contributed by atoms with Crippen LogP contribution in [-0.4, -0.2) is 5.11 Å². The summed E-state index contributed by atoms with van der Waals surface area (Å²) in [6.07, 6.45) is 0. The summed E-state index contributed by atoms with van der Waals surface area (Å²) in [5, 5.41) is 10.0. The van der Waals surface area contributed by atoms with Crippen LogP contribution < -0.4 is 11.5 Å². The van der Waals surface area contributed by atoms with E-state index in [4.69, 9.17) is 23.1 Å². The van der Waals surface area contributed by atoms with Crippen LogP contribution in [-0.2, 0) is 13.1 Å². The van der Waals surface area contributed by atoms with Gasteiger partial charge in [-0.25, -0.2) is 0 Å². The van der Waals surface area contributed by atoms with Crippen LogP contribution in [0.25, 0.3) is 0 Å². The van der Waals surface area contributed by atoms with Crippen molar-refractivity contribution in [2.24, 2.45) is 11.5 Å². The number of rotatable bonds is 2. The molecule has 5 N–H and O–H groups in total. The third-order valence-corrected chi connectivity index (χ3v) is 1.89. The maximum atomic E-state index is 9.49. The lowest BCUT2D eigenvalue weighted by Crippen LogP contribution is -2.02. The minimum atomic E-state index is 0. The van der Waals surface area contributed by atoms with Crippen molar-refractivity contribution < 1.29 is 5.11 Å². The van der Waals surface area contributed by atoms with Crippen molar-refractivity contribution >= 4 is 36.4 Å². The smallest absolute Gasteiger partial charge is 0.124 e. The predicted octanol–water partition coefficient (Wildman–Crippen LogP) is 1.81. The zero-order valence-corrected chi connectivity index (χ0v) is 9.75. The van der Waals surface area contributed by atoms with Crippen molar-refractivity contribution in [2.75, 3.05) is 0 Å². The molecule has 0 saturated carbocycles. The molecule has 0 radical (unpaired) electrons. The molecule has 0 aromatic heterocycles. The lowest BCUT2D eigenvalue weighted by molar-refractivity contribution is 0.461. The van der Waals surface area contributed by atoms with Crippen molar-refractivity contribution in [1.29, 1.82) is 0 Å². The van der Waals surface area contributed by atoms with Gasteiger partial charge in [-0.05, 0) is 12.1 Å². The van der Waals surface area contributed by atoms with E-state index in [0.717, 1.165) is 0 Å². The highest BCUT2D eigenvalue weighted by Crippen LogP contribution is 2.26. The Bertz CT molecular complexity index is 269. The number of aromatic hydroxyl groups is 1. The van der Waals surface area contributed by atoms with Gasteiger partial charge in [0, 0.05) is 29.2 Å². The fraction of sp³-hybridized carbons (Fsp3) is 0.250. The van der Waals surface area contributed by atoms with E-state index in [1.54, 1.807) is 12.1 Å². The van der Waals surface area contributed by atoms with Gasteiger partial charge in [-0.1, -0.05) is 11.6 Å². The molecule has 1 rings (SSSR count). The second-order valence-corrected chi connectivity index (χ2v) is 2.92. The van der Waals surface area contributed by atoms with Crippen molar-refractivity contribution in [3.05, 3.63) is 28.3 Å². The molecule has 0 unspecified atom stereocenters. The molecule has 14 heavy (non-hydrogen) atoms. The third-order valence-electron chi connectivity index (χ3n) is 1.67. The minimum absolute atomic E-state index is 0. The predicted molar refractivity (Wildman–Crippen MR) is 63.4 cm³/mol. The maximum absolute atomic E-state index is 9.49. The normalized spacial score (nSPS) is 8.79. The Morgan fingerprint density at radius 1 is 1.07 bits per heavy atom. The van der Waals surface area contributed by atoms with Crippen LogP contribution in [0.1, 0.15) is 11.1 Å². The van der Waals surface area contributed by atoms with Crippen LogP contribution in [0.15, 0.2) is 12.1 Å². The van der Waals surface area contributed by atoms with Crippen LogP contribution in [0.5, 0.6) is 5.75 Å². The first-order chi connectivity index (χ1) is 5.69. The standard InChI is InChI=1S/C8H11ClN2O.2ClH/c9-7-1-5(3-10)8(12)6(2-7)4-11;;/h1-2,12H,3-4,10-11H2;2*1H. The highest BCUT2D eigenvalue weighted by Gasteiger charge is 2.06. The second kappa shape index (κ2) is 7.15. The second-order valence-electron chi connectivity index (χ2n) is 2.48. The lowest BCUT2D eigenvalue weighted by atomic mass is 10.1. The van der Waals surface area contributed by atoms with Gasteiger partial charge in [-0.15, -0.1) is 24.8 Å². The summed E-state index contributed by atoms with van der Waals surface area (Å²) in [6, 6.07) is 3.27. The fourth-order valence-electron chi connectivity index (χ4n) is 1.03. The van der Waals surface area contributed by atoms with Crippen molar-refractivity contribution in [1.82, 2.24) is 0 Å². The molecule has 0 aliphatic carbocycles. The summed E-state index contributed by atoms with van der Waals surface area (Å²) in [4.78, 5) is 0.